The van der Waals surface area contributed by atoms with E-state index in [0.717, 1.165) is 26.3 Å². The van der Waals surface area contributed by atoms with E-state index >= 15 is 4.39 Å². The summed E-state index contributed by atoms with van der Waals surface area (Å²) in [5.41, 5.74) is -4.71. The SMILES string of the molecule is COC(=O)N1CC(C)CC1C(=O)OCn1c(=O)ccn([C@@H]2O[C@H](CO[P@](=O)(N[C@@H](C)C(=O)OC(C)C)Oc3ccccc3)[C@@H](O)[C@@]2(C)F)c1=O. The van der Waals surface area contributed by atoms with Crippen LogP contribution < -0.4 is 20.9 Å². The number of hydrogen-bond donors (Lipinski definition) is 2. The number of carbonyl (C=O) groups is 3. The molecule has 0 radical (unpaired) electrons. The lowest BCUT2D eigenvalue weighted by molar-refractivity contribution is -0.152. The summed E-state index contributed by atoms with van der Waals surface area (Å²) in [6, 6.07) is 6.55. The van der Waals surface area contributed by atoms with Crippen LogP contribution in [-0.2, 0) is 44.4 Å². The lowest BCUT2D eigenvalue weighted by Gasteiger charge is -2.26. The van der Waals surface area contributed by atoms with Gasteiger partial charge in [0.1, 0.15) is 30.0 Å². The summed E-state index contributed by atoms with van der Waals surface area (Å²) in [5.74, 6) is -1.59. The van der Waals surface area contributed by atoms with Crippen LogP contribution in [0.25, 0.3) is 0 Å². The molecule has 2 fully saturated rings. The number of nitrogens with zero attached hydrogens (tertiary/aromatic N) is 3. The molecule has 2 aliphatic rings. The van der Waals surface area contributed by atoms with E-state index in [0.29, 0.717) is 9.13 Å². The standard InChI is InChI=1S/C31H42FN4O13P/c1-18(2)47-26(39)20(4)33-50(43,49-21-10-8-7-9-11-21)46-16-23-25(38)31(5,32)28(48-23)34-13-12-24(37)36(29(34)41)17-45-27(40)22-14-19(3)15-35(22)30(42)44-6/h7-13,18-20,22-23,25,28,38H,14-17H2,1-6H3,(H,33,43)/t19?,20-,22?,23+,25+,28+,31+,50+/m0/s1. The summed E-state index contributed by atoms with van der Waals surface area (Å²) < 4.78 is 63.1. The maximum Gasteiger partial charge on any atom is 0.459 e. The second-order valence-electron chi connectivity index (χ2n) is 12.5. The van der Waals surface area contributed by atoms with Crippen LogP contribution in [0.5, 0.6) is 5.75 Å². The van der Waals surface area contributed by atoms with Crippen molar-refractivity contribution >= 4 is 25.8 Å². The molecule has 2 unspecified atom stereocenters. The first-order valence-electron chi connectivity index (χ1n) is 15.8. The number of hydrogen-bond acceptors (Lipinski definition) is 13. The molecule has 3 heterocycles. The number of ether oxygens (including phenoxy) is 4. The first-order chi connectivity index (χ1) is 23.5. The first-order valence-corrected chi connectivity index (χ1v) is 17.3. The summed E-state index contributed by atoms with van der Waals surface area (Å²) in [6.07, 6.45) is -5.34. The highest BCUT2D eigenvalue weighted by atomic mass is 31.2. The van der Waals surface area contributed by atoms with Crippen molar-refractivity contribution in [2.24, 2.45) is 5.92 Å². The molecule has 0 bridgehead atoms. The number of methoxy groups -OCH3 is 1. The van der Waals surface area contributed by atoms with Crippen LogP contribution in [0.4, 0.5) is 9.18 Å². The molecule has 19 heteroatoms. The van der Waals surface area contributed by atoms with E-state index in [1.54, 1.807) is 32.0 Å². The van der Waals surface area contributed by atoms with Crippen LogP contribution in [0.3, 0.4) is 0 Å². The fourth-order valence-electron chi connectivity index (χ4n) is 5.50. The quantitative estimate of drug-likeness (QED) is 0.172. The van der Waals surface area contributed by atoms with E-state index in [9.17, 15) is 33.6 Å². The van der Waals surface area contributed by atoms with Gasteiger partial charge in [-0.15, -0.1) is 0 Å². The Labute approximate surface area is 286 Å². The van der Waals surface area contributed by atoms with Crippen LogP contribution >= 0.6 is 7.75 Å². The number of carbonyl (C=O) groups excluding carboxylic acids is 3. The third-order valence-corrected chi connectivity index (χ3v) is 9.67. The number of rotatable bonds is 13. The van der Waals surface area contributed by atoms with E-state index < -0.39 is 92.7 Å². The zero-order chi connectivity index (χ0) is 37.0. The van der Waals surface area contributed by atoms with Gasteiger partial charge in [-0.1, -0.05) is 25.1 Å². The maximum absolute atomic E-state index is 16.1. The van der Waals surface area contributed by atoms with Gasteiger partial charge in [-0.25, -0.2) is 27.9 Å². The minimum absolute atomic E-state index is 0.0483. The van der Waals surface area contributed by atoms with Gasteiger partial charge >= 0.3 is 31.5 Å². The van der Waals surface area contributed by atoms with Crippen LogP contribution in [0.15, 0.2) is 52.2 Å². The predicted octanol–water partition coefficient (Wildman–Crippen LogP) is 2.11. The summed E-state index contributed by atoms with van der Waals surface area (Å²) in [7, 11) is -3.27. The Morgan fingerprint density at radius 2 is 1.84 bits per heavy atom. The molecule has 2 saturated heterocycles. The average Bonchev–Trinajstić information content (AvgIpc) is 3.55. The number of aliphatic hydroxyl groups excluding tert-OH is 1. The molecule has 0 saturated carbocycles. The number of alkyl halides is 1. The Balaban J connectivity index is 1.51. The topological polar surface area (TPSA) is 203 Å². The minimum atomic E-state index is -4.43. The minimum Gasteiger partial charge on any atom is -0.462 e. The fraction of sp³-hybridized carbons (Fsp3) is 0.581. The van der Waals surface area contributed by atoms with Crippen LogP contribution in [0.1, 0.15) is 47.3 Å². The highest BCUT2D eigenvalue weighted by Gasteiger charge is 2.56. The number of halogens is 1. The molecule has 50 heavy (non-hydrogen) atoms. The van der Waals surface area contributed by atoms with Crippen molar-refractivity contribution < 1.29 is 56.4 Å². The third kappa shape index (κ3) is 8.79. The van der Waals surface area contributed by atoms with Gasteiger partial charge in [-0.05, 0) is 52.2 Å². The van der Waals surface area contributed by atoms with Crippen molar-refractivity contribution in [1.29, 1.82) is 0 Å². The molecule has 0 spiro atoms. The van der Waals surface area contributed by atoms with Crippen LogP contribution in [-0.4, -0.2) is 93.5 Å². The average molecular weight is 729 g/mol. The molecule has 8 atom stereocenters. The van der Waals surface area contributed by atoms with Crippen LogP contribution in [0.2, 0.25) is 0 Å². The number of amides is 1. The number of nitrogens with one attached hydrogen (secondary N) is 1. The Bertz CT molecular complexity index is 1700. The summed E-state index contributed by atoms with van der Waals surface area (Å²) >= 11 is 0. The van der Waals surface area contributed by atoms with Crippen molar-refractivity contribution in [1.82, 2.24) is 19.1 Å². The van der Waals surface area contributed by atoms with Crippen molar-refractivity contribution in [3.05, 3.63) is 63.4 Å². The highest BCUT2D eigenvalue weighted by Crippen LogP contribution is 2.47. The molecule has 2 aromatic rings. The Morgan fingerprint density at radius 3 is 2.48 bits per heavy atom. The largest absolute Gasteiger partial charge is 0.462 e. The predicted molar refractivity (Wildman–Crippen MR) is 172 cm³/mol. The molecular weight excluding hydrogens is 686 g/mol. The number of likely N-dealkylation sites (tertiary alicyclic amines) is 1. The highest BCUT2D eigenvalue weighted by molar-refractivity contribution is 7.52. The third-order valence-electron chi connectivity index (χ3n) is 8.03. The second kappa shape index (κ2) is 15.9. The number of para-hydroxylation sites is 1. The Hall–Kier alpha value is -4.09. The van der Waals surface area contributed by atoms with E-state index in [1.807, 2.05) is 6.92 Å². The van der Waals surface area contributed by atoms with Gasteiger partial charge in [0, 0.05) is 18.8 Å². The van der Waals surface area contributed by atoms with Crippen molar-refractivity contribution in [2.75, 3.05) is 20.3 Å². The molecule has 1 aromatic carbocycles. The molecule has 276 valence electrons. The maximum atomic E-state index is 16.1. The Kier molecular flexibility index (Phi) is 12.3. The van der Waals surface area contributed by atoms with E-state index in [4.69, 9.17) is 28.0 Å². The van der Waals surface area contributed by atoms with Gasteiger partial charge in [-0.3, -0.25) is 23.6 Å². The normalized spacial score (nSPS) is 26.7. The van der Waals surface area contributed by atoms with Gasteiger partial charge in [0.25, 0.3) is 5.56 Å². The molecule has 4 rings (SSSR count). The number of aromatic nitrogens is 2. The van der Waals surface area contributed by atoms with E-state index in [2.05, 4.69) is 5.09 Å². The van der Waals surface area contributed by atoms with E-state index in [-0.39, 0.29) is 24.6 Å². The summed E-state index contributed by atoms with van der Waals surface area (Å²) in [5, 5.41) is 13.4. The van der Waals surface area contributed by atoms with Crippen molar-refractivity contribution in [2.45, 2.75) is 90.1 Å². The van der Waals surface area contributed by atoms with Gasteiger partial charge in [0.15, 0.2) is 18.6 Å². The zero-order valence-electron chi connectivity index (χ0n) is 28.4. The number of benzene rings is 1. The second-order valence-corrected chi connectivity index (χ2v) is 14.2. The number of esters is 2. The smallest absolute Gasteiger partial charge is 0.459 e. The first kappa shape index (κ1) is 38.7. The van der Waals surface area contributed by atoms with E-state index in [1.165, 1.54) is 24.0 Å². The molecule has 2 aliphatic heterocycles. The number of aliphatic hydroxyl groups is 1. The van der Waals surface area contributed by atoms with Gasteiger partial charge in [0.2, 0.25) is 0 Å². The van der Waals surface area contributed by atoms with Gasteiger partial charge < -0.3 is 28.6 Å². The summed E-state index contributed by atoms with van der Waals surface area (Å²) in [4.78, 5) is 64.7. The molecule has 17 nitrogen and oxygen atoms in total. The Morgan fingerprint density at radius 1 is 1.16 bits per heavy atom. The molecule has 2 N–H and O–H groups in total. The lowest BCUT2D eigenvalue weighted by atomic mass is 9.98. The monoisotopic (exact) mass is 728 g/mol. The summed E-state index contributed by atoms with van der Waals surface area (Å²) in [6.45, 7) is 6.02. The molecule has 1 amide bonds. The molecule has 1 aromatic heterocycles. The van der Waals surface area contributed by atoms with Crippen molar-refractivity contribution in [3.63, 3.8) is 0 Å². The van der Waals surface area contributed by atoms with Gasteiger partial charge in [-0.2, -0.15) is 5.09 Å². The molecule has 0 aliphatic carbocycles. The molecular formula is C31H42FN4O13P. The van der Waals surface area contributed by atoms with Crippen LogP contribution in [0, 0.1) is 5.92 Å². The van der Waals surface area contributed by atoms with Gasteiger partial charge in [0.05, 0.1) is 19.8 Å². The lowest BCUT2D eigenvalue weighted by Crippen LogP contribution is -2.47. The van der Waals surface area contributed by atoms with Crippen molar-refractivity contribution in [3.8, 4) is 5.75 Å². The zero-order valence-corrected chi connectivity index (χ0v) is 29.3. The fourth-order valence-corrected chi connectivity index (χ4v) is 7.00.